The lowest BCUT2D eigenvalue weighted by atomic mass is 10.1. The minimum atomic E-state index is -0.797. The fourth-order valence-electron chi connectivity index (χ4n) is 3.02. The number of hydrogen-bond donors (Lipinski definition) is 1. The van der Waals surface area contributed by atoms with Crippen molar-refractivity contribution in [3.63, 3.8) is 0 Å². The molecule has 1 aromatic carbocycles. The first-order chi connectivity index (χ1) is 14.8. The number of esters is 2. The third-order valence-corrected chi connectivity index (χ3v) is 5.51. The zero-order valence-corrected chi connectivity index (χ0v) is 18.0. The number of anilines is 1. The average molecular weight is 440 g/mol. The lowest BCUT2D eigenvalue weighted by Gasteiger charge is -2.13. The number of benzene rings is 1. The molecule has 10 heteroatoms. The molecule has 0 fully saturated rings. The van der Waals surface area contributed by atoms with E-state index >= 15 is 0 Å². The number of rotatable bonds is 6. The van der Waals surface area contributed by atoms with E-state index in [1.165, 1.54) is 4.68 Å². The topological polar surface area (TPSA) is 137 Å². The second kappa shape index (κ2) is 8.97. The molecule has 0 unspecified atom stereocenters. The van der Waals surface area contributed by atoms with E-state index < -0.39 is 11.9 Å². The van der Waals surface area contributed by atoms with Gasteiger partial charge >= 0.3 is 11.9 Å². The van der Waals surface area contributed by atoms with E-state index in [0.29, 0.717) is 10.8 Å². The van der Waals surface area contributed by atoms with Crippen molar-refractivity contribution in [3.8, 4) is 6.07 Å². The summed E-state index contributed by atoms with van der Waals surface area (Å²) >= 11 is 0.900. The molecular weight excluding hydrogens is 420 g/mol. The van der Waals surface area contributed by atoms with E-state index in [4.69, 9.17) is 15.2 Å². The average Bonchev–Trinajstić information content (AvgIpc) is 3.07. The second-order valence-corrected chi connectivity index (χ2v) is 7.85. The number of nitrogens with zero attached hydrogens (tertiary/aromatic N) is 3. The zero-order valence-electron chi connectivity index (χ0n) is 17.2. The van der Waals surface area contributed by atoms with Crippen molar-refractivity contribution in [2.45, 2.75) is 33.4 Å². The molecule has 2 aromatic heterocycles. The minimum Gasteiger partial charge on any atom is -0.462 e. The van der Waals surface area contributed by atoms with Crippen molar-refractivity contribution in [1.29, 1.82) is 5.26 Å². The highest BCUT2D eigenvalue weighted by atomic mass is 32.1. The highest BCUT2D eigenvalue weighted by molar-refractivity contribution is 7.18. The molecule has 0 bridgehead atoms. The molecule has 3 rings (SSSR count). The Morgan fingerprint density at radius 3 is 2.52 bits per heavy atom. The van der Waals surface area contributed by atoms with Gasteiger partial charge in [-0.25, -0.2) is 14.3 Å². The lowest BCUT2D eigenvalue weighted by Crippen LogP contribution is -2.28. The van der Waals surface area contributed by atoms with Crippen LogP contribution in [0.4, 0.5) is 5.00 Å². The number of aromatic nitrogens is 2. The van der Waals surface area contributed by atoms with E-state index in [1.54, 1.807) is 45.0 Å². The SMILES string of the molecule is CCOC(=O)c1sc(N)c(C#N)c1COC(=O)c1nn(C(C)C)c(=O)c2ccccc12. The molecule has 3 aromatic rings. The molecule has 0 aliphatic heterocycles. The first-order valence-electron chi connectivity index (χ1n) is 9.47. The summed E-state index contributed by atoms with van der Waals surface area (Å²) in [5.74, 6) is -1.45. The van der Waals surface area contributed by atoms with Crippen molar-refractivity contribution < 1.29 is 19.1 Å². The quantitative estimate of drug-likeness (QED) is 0.577. The van der Waals surface area contributed by atoms with Crippen molar-refractivity contribution >= 4 is 39.0 Å². The van der Waals surface area contributed by atoms with Gasteiger partial charge in [-0.15, -0.1) is 11.3 Å². The predicted molar refractivity (Wildman–Crippen MR) is 115 cm³/mol. The van der Waals surface area contributed by atoms with Gasteiger partial charge in [-0.05, 0) is 26.8 Å². The molecule has 160 valence electrons. The maximum Gasteiger partial charge on any atom is 0.359 e. The van der Waals surface area contributed by atoms with E-state index in [-0.39, 0.29) is 51.5 Å². The van der Waals surface area contributed by atoms with Gasteiger partial charge in [0, 0.05) is 10.9 Å². The maximum absolute atomic E-state index is 12.9. The molecule has 0 atom stereocenters. The molecule has 0 aliphatic rings. The van der Waals surface area contributed by atoms with E-state index in [9.17, 15) is 19.6 Å². The first kappa shape index (κ1) is 22.0. The number of ether oxygens (including phenoxy) is 2. The summed E-state index contributed by atoms with van der Waals surface area (Å²) in [4.78, 5) is 37.9. The lowest BCUT2D eigenvalue weighted by molar-refractivity contribution is 0.0446. The van der Waals surface area contributed by atoms with Crippen LogP contribution < -0.4 is 11.3 Å². The van der Waals surface area contributed by atoms with Crippen LogP contribution in [0.15, 0.2) is 29.1 Å². The second-order valence-electron chi connectivity index (χ2n) is 6.80. The van der Waals surface area contributed by atoms with Crippen LogP contribution >= 0.6 is 11.3 Å². The van der Waals surface area contributed by atoms with Crippen LogP contribution in [0.5, 0.6) is 0 Å². The monoisotopic (exact) mass is 440 g/mol. The molecule has 0 aliphatic carbocycles. The van der Waals surface area contributed by atoms with Crippen LogP contribution in [-0.4, -0.2) is 28.3 Å². The van der Waals surface area contributed by atoms with Crippen molar-refractivity contribution in [2.75, 3.05) is 12.3 Å². The van der Waals surface area contributed by atoms with Gasteiger partial charge in [-0.1, -0.05) is 18.2 Å². The molecule has 0 amide bonds. The third-order valence-electron chi connectivity index (χ3n) is 4.47. The number of carbonyl (C=O) groups excluding carboxylic acids is 2. The molecule has 0 saturated carbocycles. The van der Waals surface area contributed by atoms with Crippen LogP contribution in [0.1, 0.15) is 58.1 Å². The van der Waals surface area contributed by atoms with Crippen molar-refractivity contribution in [3.05, 3.63) is 56.3 Å². The van der Waals surface area contributed by atoms with Crippen LogP contribution in [0.3, 0.4) is 0 Å². The number of fused-ring (bicyclic) bond motifs is 1. The largest absolute Gasteiger partial charge is 0.462 e. The van der Waals surface area contributed by atoms with E-state index in [0.717, 1.165) is 11.3 Å². The van der Waals surface area contributed by atoms with Crippen LogP contribution in [-0.2, 0) is 16.1 Å². The summed E-state index contributed by atoms with van der Waals surface area (Å²) in [6, 6.07) is 8.26. The van der Waals surface area contributed by atoms with E-state index in [2.05, 4.69) is 5.10 Å². The molecule has 0 radical (unpaired) electrons. The number of thiophene rings is 1. The highest BCUT2D eigenvalue weighted by Gasteiger charge is 2.25. The Bertz CT molecular complexity index is 1270. The fourth-order valence-corrected chi connectivity index (χ4v) is 3.94. The molecule has 2 heterocycles. The minimum absolute atomic E-state index is 0.0386. The molecule has 9 nitrogen and oxygen atoms in total. The van der Waals surface area contributed by atoms with Gasteiger partial charge in [0.15, 0.2) is 5.69 Å². The number of nitriles is 1. The fraction of sp³-hybridized carbons (Fsp3) is 0.286. The van der Waals surface area contributed by atoms with Crippen LogP contribution in [0.25, 0.3) is 10.8 Å². The Morgan fingerprint density at radius 1 is 1.23 bits per heavy atom. The Balaban J connectivity index is 2.00. The Labute approximate surface area is 181 Å². The molecule has 0 saturated heterocycles. The van der Waals surface area contributed by atoms with Crippen LogP contribution in [0.2, 0.25) is 0 Å². The normalized spacial score (nSPS) is 10.8. The molecular formula is C21H20N4O5S. The third kappa shape index (κ3) is 4.13. The summed E-state index contributed by atoms with van der Waals surface area (Å²) in [7, 11) is 0. The summed E-state index contributed by atoms with van der Waals surface area (Å²) in [6.45, 7) is 4.97. The highest BCUT2D eigenvalue weighted by Crippen LogP contribution is 2.32. The molecule has 31 heavy (non-hydrogen) atoms. The molecule has 2 N–H and O–H groups in total. The van der Waals surface area contributed by atoms with Gasteiger partial charge in [0.1, 0.15) is 22.6 Å². The van der Waals surface area contributed by atoms with Gasteiger partial charge in [-0.2, -0.15) is 10.4 Å². The standard InChI is InChI=1S/C21H20N4O5S/c1-4-29-21(28)17-15(14(9-22)18(23)31-17)10-30-20(27)16-12-7-5-6-8-13(12)19(26)25(24-16)11(2)3/h5-8,11H,4,10,23H2,1-3H3. The number of nitrogens with two attached hydrogens (primary N) is 1. The van der Waals surface area contributed by atoms with Gasteiger partial charge in [-0.3, -0.25) is 4.79 Å². The Hall–Kier alpha value is -3.71. The van der Waals surface area contributed by atoms with Gasteiger partial charge in [0.2, 0.25) is 0 Å². The van der Waals surface area contributed by atoms with Gasteiger partial charge in [0.25, 0.3) is 5.56 Å². The molecule has 0 spiro atoms. The zero-order chi connectivity index (χ0) is 22.7. The smallest absolute Gasteiger partial charge is 0.359 e. The van der Waals surface area contributed by atoms with Gasteiger partial charge < -0.3 is 15.2 Å². The number of hydrogen-bond acceptors (Lipinski definition) is 9. The van der Waals surface area contributed by atoms with Gasteiger partial charge in [0.05, 0.1) is 23.6 Å². The summed E-state index contributed by atoms with van der Waals surface area (Å²) in [5, 5.41) is 14.4. The van der Waals surface area contributed by atoms with Crippen molar-refractivity contribution in [1.82, 2.24) is 9.78 Å². The van der Waals surface area contributed by atoms with E-state index in [1.807, 2.05) is 6.07 Å². The Kier molecular flexibility index (Phi) is 6.36. The predicted octanol–water partition coefficient (Wildman–Crippen LogP) is 3.03. The number of carbonyl (C=O) groups is 2. The number of nitrogen functional groups attached to an aromatic ring is 1. The summed E-state index contributed by atoms with van der Waals surface area (Å²) < 4.78 is 11.6. The van der Waals surface area contributed by atoms with Crippen LogP contribution in [0, 0.1) is 11.3 Å². The maximum atomic E-state index is 12.9. The summed E-state index contributed by atoms with van der Waals surface area (Å²) in [6.07, 6.45) is 0. The first-order valence-corrected chi connectivity index (χ1v) is 10.3. The summed E-state index contributed by atoms with van der Waals surface area (Å²) in [5.41, 5.74) is 5.73. The Morgan fingerprint density at radius 2 is 1.90 bits per heavy atom. The van der Waals surface area contributed by atoms with Crippen molar-refractivity contribution in [2.24, 2.45) is 0 Å².